The van der Waals surface area contributed by atoms with Gasteiger partial charge in [0.15, 0.2) is 0 Å². The van der Waals surface area contributed by atoms with Crippen molar-refractivity contribution >= 4 is 5.69 Å². The van der Waals surface area contributed by atoms with Gasteiger partial charge in [0, 0.05) is 30.9 Å². The molecule has 2 heteroatoms. The van der Waals surface area contributed by atoms with Crippen LogP contribution in [0.2, 0.25) is 0 Å². The van der Waals surface area contributed by atoms with Gasteiger partial charge in [0.1, 0.15) is 0 Å². The van der Waals surface area contributed by atoms with Crippen molar-refractivity contribution in [3.8, 4) is 0 Å². The zero-order chi connectivity index (χ0) is 12.5. The fraction of sp³-hybridized carbons (Fsp3) is 0.625. The summed E-state index contributed by atoms with van der Waals surface area (Å²) in [5.74, 6) is 0. The average molecular weight is 244 g/mol. The number of rotatable bonds is 2. The van der Waals surface area contributed by atoms with Gasteiger partial charge in [-0.2, -0.15) is 0 Å². The first-order chi connectivity index (χ1) is 8.75. The minimum atomic E-state index is 0.780. The molecule has 0 bridgehead atoms. The number of aryl methyl sites for hydroxylation is 1. The van der Waals surface area contributed by atoms with Crippen LogP contribution in [0.15, 0.2) is 24.3 Å². The Hall–Kier alpha value is -1.02. The molecule has 98 valence electrons. The molecule has 1 aromatic carbocycles. The summed E-state index contributed by atoms with van der Waals surface area (Å²) in [6.07, 6.45) is 4.11. The van der Waals surface area contributed by atoms with E-state index in [1.165, 1.54) is 50.1 Å². The lowest BCUT2D eigenvalue weighted by Gasteiger charge is -2.29. The highest BCUT2D eigenvalue weighted by molar-refractivity contribution is 5.53. The minimum Gasteiger partial charge on any atom is -0.370 e. The summed E-state index contributed by atoms with van der Waals surface area (Å²) in [7, 11) is 0. The van der Waals surface area contributed by atoms with Crippen molar-refractivity contribution < 1.29 is 0 Å². The van der Waals surface area contributed by atoms with Gasteiger partial charge in [-0.05, 0) is 51.3 Å². The Kier molecular flexibility index (Phi) is 3.29. The lowest BCUT2D eigenvalue weighted by atomic mass is 10.2. The lowest BCUT2D eigenvalue weighted by Crippen LogP contribution is -2.39. The molecule has 0 amide bonds. The van der Waals surface area contributed by atoms with Gasteiger partial charge in [-0.1, -0.05) is 18.2 Å². The van der Waals surface area contributed by atoms with E-state index in [9.17, 15) is 0 Å². The number of anilines is 1. The van der Waals surface area contributed by atoms with Gasteiger partial charge >= 0.3 is 0 Å². The number of hydrogen-bond acceptors (Lipinski definition) is 2. The van der Waals surface area contributed by atoms with Crippen molar-refractivity contribution in [2.75, 3.05) is 24.5 Å². The monoisotopic (exact) mass is 244 g/mol. The number of benzene rings is 1. The van der Waals surface area contributed by atoms with Crippen LogP contribution in [0, 0.1) is 6.92 Å². The van der Waals surface area contributed by atoms with E-state index in [0.29, 0.717) is 0 Å². The summed E-state index contributed by atoms with van der Waals surface area (Å²) >= 11 is 0. The molecule has 2 atom stereocenters. The molecule has 3 rings (SSSR count). The van der Waals surface area contributed by atoms with E-state index in [-0.39, 0.29) is 0 Å². The van der Waals surface area contributed by atoms with Crippen LogP contribution < -0.4 is 4.90 Å². The maximum absolute atomic E-state index is 2.73. The third-order valence-electron chi connectivity index (χ3n) is 4.69. The van der Waals surface area contributed by atoms with Crippen LogP contribution in [-0.4, -0.2) is 36.6 Å². The number of para-hydroxylation sites is 1. The zero-order valence-corrected chi connectivity index (χ0v) is 11.6. The largest absolute Gasteiger partial charge is 0.370 e. The van der Waals surface area contributed by atoms with Crippen molar-refractivity contribution in [3.05, 3.63) is 29.8 Å². The summed E-state index contributed by atoms with van der Waals surface area (Å²) in [4.78, 5) is 5.31. The Balaban J connectivity index is 1.70. The SMILES string of the molecule is Cc1ccccc1N1CCC(N2CCCC2C)C1. The Morgan fingerprint density at radius 1 is 1.11 bits per heavy atom. The van der Waals surface area contributed by atoms with Gasteiger partial charge < -0.3 is 4.90 Å². The predicted octanol–water partition coefficient (Wildman–Crippen LogP) is 3.06. The van der Waals surface area contributed by atoms with Gasteiger partial charge in [-0.15, -0.1) is 0 Å². The smallest absolute Gasteiger partial charge is 0.0396 e. The molecule has 1 aromatic rings. The summed E-state index contributed by atoms with van der Waals surface area (Å²) in [6, 6.07) is 10.4. The maximum atomic E-state index is 2.73. The van der Waals surface area contributed by atoms with Gasteiger partial charge in [0.05, 0.1) is 0 Å². The highest BCUT2D eigenvalue weighted by atomic mass is 15.3. The summed E-state index contributed by atoms with van der Waals surface area (Å²) in [5.41, 5.74) is 2.85. The quantitative estimate of drug-likeness (QED) is 0.789. The van der Waals surface area contributed by atoms with Gasteiger partial charge in [-0.25, -0.2) is 0 Å². The molecule has 2 fully saturated rings. The highest BCUT2D eigenvalue weighted by Gasteiger charge is 2.33. The van der Waals surface area contributed by atoms with Crippen LogP contribution in [0.25, 0.3) is 0 Å². The van der Waals surface area contributed by atoms with Crippen LogP contribution in [0.1, 0.15) is 31.7 Å². The standard InChI is InChI=1S/C16H24N2/c1-13-6-3-4-8-16(13)17-11-9-15(12-17)18-10-5-7-14(18)2/h3-4,6,8,14-15H,5,7,9-12H2,1-2H3. The summed E-state index contributed by atoms with van der Waals surface area (Å²) < 4.78 is 0. The summed E-state index contributed by atoms with van der Waals surface area (Å²) in [5, 5.41) is 0. The molecular formula is C16H24N2. The molecule has 0 aromatic heterocycles. The van der Waals surface area contributed by atoms with Crippen molar-refractivity contribution in [2.45, 2.75) is 45.2 Å². The Morgan fingerprint density at radius 3 is 2.67 bits per heavy atom. The Bertz CT molecular complexity index is 415. The van der Waals surface area contributed by atoms with Gasteiger partial charge in [0.2, 0.25) is 0 Å². The van der Waals surface area contributed by atoms with Crippen molar-refractivity contribution in [2.24, 2.45) is 0 Å². The van der Waals surface area contributed by atoms with E-state index < -0.39 is 0 Å². The molecule has 2 saturated heterocycles. The molecule has 0 N–H and O–H groups in total. The third kappa shape index (κ3) is 2.14. The predicted molar refractivity (Wildman–Crippen MR) is 77.2 cm³/mol. The van der Waals surface area contributed by atoms with E-state index in [0.717, 1.165) is 12.1 Å². The van der Waals surface area contributed by atoms with Crippen LogP contribution in [-0.2, 0) is 0 Å². The molecule has 18 heavy (non-hydrogen) atoms. The second-order valence-electron chi connectivity index (χ2n) is 5.90. The maximum Gasteiger partial charge on any atom is 0.0396 e. The second-order valence-corrected chi connectivity index (χ2v) is 5.90. The van der Waals surface area contributed by atoms with E-state index in [4.69, 9.17) is 0 Å². The normalized spacial score (nSPS) is 29.1. The topological polar surface area (TPSA) is 6.48 Å². The molecular weight excluding hydrogens is 220 g/mol. The molecule has 2 heterocycles. The van der Waals surface area contributed by atoms with Crippen molar-refractivity contribution in [1.82, 2.24) is 4.90 Å². The van der Waals surface area contributed by atoms with Crippen LogP contribution in [0.3, 0.4) is 0 Å². The lowest BCUT2D eigenvalue weighted by molar-refractivity contribution is 0.204. The molecule has 2 aliphatic heterocycles. The van der Waals surface area contributed by atoms with Gasteiger partial charge in [-0.3, -0.25) is 4.90 Å². The zero-order valence-electron chi connectivity index (χ0n) is 11.6. The first kappa shape index (κ1) is 12.0. The molecule has 2 unspecified atom stereocenters. The van der Waals surface area contributed by atoms with Crippen LogP contribution in [0.4, 0.5) is 5.69 Å². The fourth-order valence-electron chi connectivity index (χ4n) is 3.65. The Labute approximate surface area is 111 Å². The second kappa shape index (κ2) is 4.93. The third-order valence-corrected chi connectivity index (χ3v) is 4.69. The van der Waals surface area contributed by atoms with E-state index in [1.807, 2.05) is 0 Å². The van der Waals surface area contributed by atoms with Crippen molar-refractivity contribution in [3.63, 3.8) is 0 Å². The first-order valence-corrected chi connectivity index (χ1v) is 7.32. The number of hydrogen-bond donors (Lipinski definition) is 0. The molecule has 2 nitrogen and oxygen atoms in total. The van der Waals surface area contributed by atoms with Gasteiger partial charge in [0.25, 0.3) is 0 Å². The molecule has 0 radical (unpaired) electrons. The van der Waals surface area contributed by atoms with Crippen LogP contribution >= 0.6 is 0 Å². The van der Waals surface area contributed by atoms with Crippen LogP contribution in [0.5, 0.6) is 0 Å². The average Bonchev–Trinajstić information content (AvgIpc) is 2.98. The fourth-order valence-corrected chi connectivity index (χ4v) is 3.65. The molecule has 0 saturated carbocycles. The molecule has 2 aliphatic rings. The molecule has 0 spiro atoms. The number of nitrogens with zero attached hydrogens (tertiary/aromatic N) is 2. The van der Waals surface area contributed by atoms with E-state index in [2.05, 4.69) is 47.9 Å². The highest BCUT2D eigenvalue weighted by Crippen LogP contribution is 2.29. The Morgan fingerprint density at radius 2 is 1.94 bits per heavy atom. The number of likely N-dealkylation sites (tertiary alicyclic amines) is 1. The molecule has 0 aliphatic carbocycles. The first-order valence-electron chi connectivity index (χ1n) is 7.32. The minimum absolute atomic E-state index is 0.780. The van der Waals surface area contributed by atoms with E-state index in [1.54, 1.807) is 0 Å². The summed E-state index contributed by atoms with van der Waals surface area (Å²) in [6.45, 7) is 8.37. The van der Waals surface area contributed by atoms with E-state index >= 15 is 0 Å². The van der Waals surface area contributed by atoms with Crippen molar-refractivity contribution in [1.29, 1.82) is 0 Å².